The van der Waals surface area contributed by atoms with Gasteiger partial charge in [-0.25, -0.2) is 9.37 Å². The molecule has 3 rings (SSSR count). The second-order valence-corrected chi connectivity index (χ2v) is 4.88. The Morgan fingerprint density at radius 1 is 1.17 bits per heavy atom. The van der Waals surface area contributed by atoms with Crippen molar-refractivity contribution in [3.05, 3.63) is 72.0 Å². The van der Waals surface area contributed by atoms with E-state index in [2.05, 4.69) is 10.1 Å². The largest absolute Gasteiger partial charge is 0.496 e. The molecular formula is C18H15FN2O3. The van der Waals surface area contributed by atoms with Gasteiger partial charge in [-0.05, 0) is 36.4 Å². The molecule has 0 unspecified atom stereocenters. The van der Waals surface area contributed by atoms with E-state index in [-0.39, 0.29) is 12.4 Å². The Morgan fingerprint density at radius 2 is 1.96 bits per heavy atom. The highest BCUT2D eigenvalue weighted by Gasteiger charge is 2.07. The number of para-hydroxylation sites is 1. The van der Waals surface area contributed by atoms with E-state index in [0.717, 1.165) is 11.1 Å². The van der Waals surface area contributed by atoms with Crippen LogP contribution in [0, 0.1) is 5.82 Å². The predicted octanol–water partition coefficient (Wildman–Crippen LogP) is 4.04. The Morgan fingerprint density at radius 3 is 2.75 bits per heavy atom. The monoisotopic (exact) mass is 326 g/mol. The van der Waals surface area contributed by atoms with Gasteiger partial charge < -0.3 is 14.0 Å². The summed E-state index contributed by atoms with van der Waals surface area (Å²) in [6.45, 7) is 0.0901. The van der Waals surface area contributed by atoms with Gasteiger partial charge >= 0.3 is 0 Å². The normalized spacial score (nSPS) is 10.9. The number of nitrogens with zero attached hydrogens (tertiary/aromatic N) is 2. The van der Waals surface area contributed by atoms with Crippen molar-refractivity contribution in [2.45, 2.75) is 6.61 Å². The highest BCUT2D eigenvalue weighted by Crippen LogP contribution is 2.21. The number of rotatable bonds is 6. The number of hydrogen-bond donors (Lipinski definition) is 0. The van der Waals surface area contributed by atoms with E-state index in [4.69, 9.17) is 14.0 Å². The van der Waals surface area contributed by atoms with Gasteiger partial charge in [0.05, 0.1) is 19.5 Å². The molecule has 1 heterocycles. The summed E-state index contributed by atoms with van der Waals surface area (Å²) in [4.78, 5) is 9.30. The Labute approximate surface area is 138 Å². The van der Waals surface area contributed by atoms with E-state index in [1.807, 2.05) is 24.3 Å². The van der Waals surface area contributed by atoms with Gasteiger partial charge in [0, 0.05) is 11.1 Å². The molecule has 0 N–H and O–H groups in total. The fourth-order valence-electron chi connectivity index (χ4n) is 2.08. The molecule has 0 bridgehead atoms. The Balaban J connectivity index is 1.59. The molecule has 0 spiro atoms. The van der Waals surface area contributed by atoms with Gasteiger partial charge in [-0.15, -0.1) is 0 Å². The van der Waals surface area contributed by atoms with Crippen LogP contribution in [0.5, 0.6) is 5.75 Å². The van der Waals surface area contributed by atoms with Gasteiger partial charge in [-0.1, -0.05) is 17.3 Å². The van der Waals surface area contributed by atoms with E-state index in [1.54, 1.807) is 31.7 Å². The van der Waals surface area contributed by atoms with E-state index in [1.165, 1.54) is 12.1 Å². The molecule has 24 heavy (non-hydrogen) atoms. The number of hydrogen-bond acceptors (Lipinski definition) is 5. The van der Waals surface area contributed by atoms with Gasteiger partial charge in [0.2, 0.25) is 5.89 Å². The minimum absolute atomic E-state index is 0.0901. The summed E-state index contributed by atoms with van der Waals surface area (Å²) < 4.78 is 23.7. The number of aromatic nitrogens is 1. The number of halogens is 1. The zero-order valence-corrected chi connectivity index (χ0v) is 13.0. The van der Waals surface area contributed by atoms with Crippen LogP contribution in [0.2, 0.25) is 0 Å². The lowest BCUT2D eigenvalue weighted by Gasteiger charge is -2.02. The summed E-state index contributed by atoms with van der Waals surface area (Å²) in [7, 11) is 1.59. The Hall–Kier alpha value is -3.15. The maximum Gasteiger partial charge on any atom is 0.235 e. The van der Waals surface area contributed by atoms with Crippen LogP contribution in [0.15, 0.2) is 64.3 Å². The minimum atomic E-state index is -0.299. The third-order valence-corrected chi connectivity index (χ3v) is 3.28. The standard InChI is InChI=1S/C18H15FN2O3/c1-22-16-5-3-2-4-14(16)10-21-23-12-18-20-11-17(24-18)13-6-8-15(19)9-7-13/h2-11H,12H2,1H3/b21-10-. The van der Waals surface area contributed by atoms with Crippen LogP contribution < -0.4 is 4.74 Å². The quantitative estimate of drug-likeness (QED) is 0.507. The third kappa shape index (κ3) is 3.78. The summed E-state index contributed by atoms with van der Waals surface area (Å²) in [5, 5.41) is 3.88. The highest BCUT2D eigenvalue weighted by atomic mass is 19.1. The number of benzene rings is 2. The minimum Gasteiger partial charge on any atom is -0.496 e. The van der Waals surface area contributed by atoms with Crippen LogP contribution in [-0.4, -0.2) is 18.3 Å². The molecule has 6 heteroatoms. The zero-order chi connectivity index (χ0) is 16.8. The first-order chi connectivity index (χ1) is 11.8. The van der Waals surface area contributed by atoms with E-state index in [9.17, 15) is 4.39 Å². The first kappa shape index (κ1) is 15.7. The molecule has 1 aromatic heterocycles. The molecule has 0 aliphatic carbocycles. The van der Waals surface area contributed by atoms with Crippen LogP contribution in [0.1, 0.15) is 11.5 Å². The summed E-state index contributed by atoms with van der Waals surface area (Å²) in [6.07, 6.45) is 3.12. The van der Waals surface area contributed by atoms with Crippen molar-refractivity contribution in [3.8, 4) is 17.1 Å². The summed E-state index contributed by atoms with van der Waals surface area (Å²) >= 11 is 0. The van der Waals surface area contributed by atoms with Crippen molar-refractivity contribution in [1.82, 2.24) is 4.98 Å². The molecule has 122 valence electrons. The van der Waals surface area contributed by atoms with Crippen LogP contribution >= 0.6 is 0 Å². The topological polar surface area (TPSA) is 56.9 Å². The van der Waals surface area contributed by atoms with Gasteiger partial charge in [-0.2, -0.15) is 0 Å². The summed E-state index contributed by atoms with van der Waals surface area (Å²) in [5.74, 6) is 1.33. The van der Waals surface area contributed by atoms with E-state index >= 15 is 0 Å². The van der Waals surface area contributed by atoms with Gasteiger partial charge in [0.1, 0.15) is 11.6 Å². The Bertz CT molecular complexity index is 828. The molecule has 0 saturated heterocycles. The SMILES string of the molecule is COc1ccccc1/C=N\OCc1ncc(-c2ccc(F)cc2)o1. The lowest BCUT2D eigenvalue weighted by atomic mass is 10.2. The molecule has 0 saturated carbocycles. The fraction of sp³-hybridized carbons (Fsp3) is 0.111. The maximum atomic E-state index is 12.9. The highest BCUT2D eigenvalue weighted by molar-refractivity contribution is 5.82. The van der Waals surface area contributed by atoms with E-state index < -0.39 is 0 Å². The second kappa shape index (κ2) is 7.41. The molecule has 0 amide bonds. The number of oxime groups is 1. The second-order valence-electron chi connectivity index (χ2n) is 4.88. The molecule has 5 nitrogen and oxygen atoms in total. The molecule has 0 aliphatic rings. The fourth-order valence-corrected chi connectivity index (χ4v) is 2.08. The lowest BCUT2D eigenvalue weighted by molar-refractivity contribution is 0.113. The van der Waals surface area contributed by atoms with Crippen molar-refractivity contribution in [1.29, 1.82) is 0 Å². The van der Waals surface area contributed by atoms with Crippen LogP contribution in [0.3, 0.4) is 0 Å². The molecule has 0 aliphatic heterocycles. The molecule has 2 aromatic carbocycles. The number of ether oxygens (including phenoxy) is 1. The average molecular weight is 326 g/mol. The first-order valence-corrected chi connectivity index (χ1v) is 7.25. The number of oxazole rings is 1. The predicted molar refractivity (Wildman–Crippen MR) is 87.3 cm³/mol. The van der Waals surface area contributed by atoms with Crippen LogP contribution in [0.25, 0.3) is 11.3 Å². The van der Waals surface area contributed by atoms with E-state index in [0.29, 0.717) is 17.4 Å². The zero-order valence-electron chi connectivity index (χ0n) is 13.0. The summed E-state index contributed by atoms with van der Waals surface area (Å²) in [5.41, 5.74) is 1.55. The molecular weight excluding hydrogens is 311 g/mol. The van der Waals surface area contributed by atoms with Crippen LogP contribution in [-0.2, 0) is 11.4 Å². The van der Waals surface area contributed by atoms with Crippen molar-refractivity contribution in [2.75, 3.05) is 7.11 Å². The average Bonchev–Trinajstić information content (AvgIpc) is 3.08. The van der Waals surface area contributed by atoms with Gasteiger partial charge in [0.25, 0.3) is 0 Å². The molecule has 0 atom stereocenters. The Kier molecular flexibility index (Phi) is 4.86. The maximum absolute atomic E-state index is 12.9. The van der Waals surface area contributed by atoms with Crippen molar-refractivity contribution in [2.24, 2.45) is 5.16 Å². The first-order valence-electron chi connectivity index (χ1n) is 7.25. The van der Waals surface area contributed by atoms with Gasteiger partial charge in [0.15, 0.2) is 12.4 Å². The molecule has 0 fully saturated rings. The van der Waals surface area contributed by atoms with Crippen molar-refractivity contribution < 1.29 is 18.4 Å². The molecule has 3 aromatic rings. The van der Waals surface area contributed by atoms with Crippen molar-refractivity contribution >= 4 is 6.21 Å². The third-order valence-electron chi connectivity index (χ3n) is 3.28. The lowest BCUT2D eigenvalue weighted by Crippen LogP contribution is -1.91. The van der Waals surface area contributed by atoms with Crippen molar-refractivity contribution in [3.63, 3.8) is 0 Å². The number of methoxy groups -OCH3 is 1. The summed E-state index contributed by atoms with van der Waals surface area (Å²) in [6, 6.07) is 13.4. The smallest absolute Gasteiger partial charge is 0.235 e. The van der Waals surface area contributed by atoms with Crippen LogP contribution in [0.4, 0.5) is 4.39 Å². The van der Waals surface area contributed by atoms with Gasteiger partial charge in [-0.3, -0.25) is 0 Å². The molecule has 0 radical (unpaired) electrons.